The Kier molecular flexibility index (Phi) is 7.06. The Labute approximate surface area is 157 Å². The minimum Gasteiger partial charge on any atom is -0.370 e. The Morgan fingerprint density at radius 2 is 1.81 bits per heavy atom. The fraction of sp³-hybridized carbons (Fsp3) is 0.667. The smallest absolute Gasteiger partial charge is 0.275 e. The molecule has 2 aliphatic rings. The third-order valence-corrected chi connectivity index (χ3v) is 6.01. The van der Waals surface area contributed by atoms with E-state index in [1.165, 1.54) is 28.2 Å². The number of piperidine rings is 1. The van der Waals surface area contributed by atoms with Gasteiger partial charge in [0.05, 0.1) is 32.3 Å². The van der Waals surface area contributed by atoms with Crippen molar-refractivity contribution in [3.05, 3.63) is 35.9 Å². The number of hydrogen-bond donors (Lipinski definition) is 3. The predicted octanol–water partition coefficient (Wildman–Crippen LogP) is -0.538. The second kappa shape index (κ2) is 9.49. The van der Waals surface area contributed by atoms with E-state index >= 15 is 0 Å². The van der Waals surface area contributed by atoms with Crippen molar-refractivity contribution in [1.29, 1.82) is 0 Å². The molecule has 2 atom stereocenters. The minimum absolute atomic E-state index is 0.112. The molecule has 0 spiro atoms. The number of nitrogens with one attached hydrogen (secondary N) is 3. The van der Waals surface area contributed by atoms with E-state index in [2.05, 4.69) is 49.5 Å². The lowest BCUT2D eigenvalue weighted by Gasteiger charge is -2.35. The number of benzene rings is 1. The molecule has 1 aromatic carbocycles. The van der Waals surface area contributed by atoms with E-state index in [-0.39, 0.29) is 18.0 Å². The monoisotopic (exact) mass is 361 g/mol. The largest absolute Gasteiger partial charge is 0.370 e. The summed E-state index contributed by atoms with van der Waals surface area (Å²) in [6.07, 6.45) is 2.48. The molecule has 0 radical (unpaired) electrons. The summed E-state index contributed by atoms with van der Waals surface area (Å²) < 4.78 is 5.54. The number of ether oxygens (including phenoxy) is 1. The van der Waals surface area contributed by atoms with Crippen LogP contribution in [0.15, 0.2) is 30.3 Å². The van der Waals surface area contributed by atoms with E-state index in [0.29, 0.717) is 6.54 Å². The van der Waals surface area contributed by atoms with E-state index in [4.69, 9.17) is 4.74 Å². The third-order valence-electron chi connectivity index (χ3n) is 6.01. The van der Waals surface area contributed by atoms with Gasteiger partial charge in [-0.25, -0.2) is 0 Å². The number of quaternary nitrogens is 2. The number of likely N-dealkylation sites (tertiary alicyclic amines) is 1. The topological polar surface area (TPSA) is 47.2 Å². The van der Waals surface area contributed by atoms with Crippen LogP contribution in [0.2, 0.25) is 0 Å². The lowest BCUT2D eigenvalue weighted by atomic mass is 9.97. The highest BCUT2D eigenvalue weighted by molar-refractivity contribution is 5.77. The number of morpholine rings is 1. The molecule has 0 unspecified atom stereocenters. The van der Waals surface area contributed by atoms with Gasteiger partial charge in [0.1, 0.15) is 19.1 Å². The van der Waals surface area contributed by atoms with Gasteiger partial charge < -0.3 is 19.9 Å². The Hall–Kier alpha value is -1.43. The molecule has 2 saturated heterocycles. The number of carbonyl (C=O) groups is 1. The quantitative estimate of drug-likeness (QED) is 0.638. The molecular weight excluding hydrogens is 326 g/mol. The lowest BCUT2D eigenvalue weighted by molar-refractivity contribution is -0.940. The van der Waals surface area contributed by atoms with Crippen molar-refractivity contribution >= 4 is 5.91 Å². The summed E-state index contributed by atoms with van der Waals surface area (Å²) in [6, 6.07) is 11.0. The van der Waals surface area contributed by atoms with Crippen molar-refractivity contribution in [1.82, 2.24) is 5.32 Å². The molecule has 144 valence electrons. The van der Waals surface area contributed by atoms with Gasteiger partial charge in [0, 0.05) is 5.56 Å². The van der Waals surface area contributed by atoms with Crippen molar-refractivity contribution in [2.24, 2.45) is 5.92 Å². The summed E-state index contributed by atoms with van der Waals surface area (Å²) >= 11 is 0. The summed E-state index contributed by atoms with van der Waals surface area (Å²) in [7, 11) is 0. The fourth-order valence-electron chi connectivity index (χ4n) is 4.45. The minimum atomic E-state index is 0.112. The summed E-state index contributed by atoms with van der Waals surface area (Å²) in [5.41, 5.74) is 1.30. The van der Waals surface area contributed by atoms with Gasteiger partial charge in [0.25, 0.3) is 5.91 Å². The summed E-state index contributed by atoms with van der Waals surface area (Å²) in [5.74, 6) is 1.00. The Morgan fingerprint density at radius 1 is 1.15 bits per heavy atom. The van der Waals surface area contributed by atoms with Gasteiger partial charge >= 0.3 is 0 Å². The van der Waals surface area contributed by atoms with Crippen molar-refractivity contribution in [2.45, 2.75) is 38.8 Å². The van der Waals surface area contributed by atoms with Crippen LogP contribution in [0.5, 0.6) is 0 Å². The van der Waals surface area contributed by atoms with E-state index < -0.39 is 0 Å². The molecule has 2 heterocycles. The van der Waals surface area contributed by atoms with E-state index in [1.807, 2.05) is 0 Å². The molecule has 0 saturated carbocycles. The van der Waals surface area contributed by atoms with Crippen LogP contribution in [0.3, 0.4) is 0 Å². The molecule has 0 aliphatic carbocycles. The molecular formula is C21H35N3O2+2. The molecule has 2 aliphatic heterocycles. The first kappa shape index (κ1) is 19.3. The first-order valence-corrected chi connectivity index (χ1v) is 10.2. The van der Waals surface area contributed by atoms with Crippen molar-refractivity contribution in [3.63, 3.8) is 0 Å². The van der Waals surface area contributed by atoms with E-state index in [1.54, 1.807) is 0 Å². The second-order valence-corrected chi connectivity index (χ2v) is 8.12. The van der Waals surface area contributed by atoms with Crippen LogP contribution in [0, 0.1) is 5.92 Å². The number of amides is 1. The first-order chi connectivity index (χ1) is 12.6. The zero-order valence-electron chi connectivity index (χ0n) is 16.3. The van der Waals surface area contributed by atoms with E-state index in [0.717, 1.165) is 45.3 Å². The highest BCUT2D eigenvalue weighted by Gasteiger charge is 2.33. The van der Waals surface area contributed by atoms with Crippen LogP contribution in [0.4, 0.5) is 0 Å². The number of hydrogen-bond acceptors (Lipinski definition) is 2. The van der Waals surface area contributed by atoms with Gasteiger partial charge in [-0.3, -0.25) is 4.79 Å². The van der Waals surface area contributed by atoms with Gasteiger partial charge in [-0.05, 0) is 25.7 Å². The van der Waals surface area contributed by atoms with Gasteiger partial charge in [-0.1, -0.05) is 37.3 Å². The van der Waals surface area contributed by atoms with Crippen LogP contribution in [0.25, 0.3) is 0 Å². The molecule has 2 fully saturated rings. The highest BCUT2D eigenvalue weighted by Crippen LogP contribution is 2.14. The van der Waals surface area contributed by atoms with E-state index in [9.17, 15) is 4.79 Å². The van der Waals surface area contributed by atoms with Crippen LogP contribution in [-0.4, -0.2) is 57.9 Å². The van der Waals surface area contributed by atoms with Crippen molar-refractivity contribution in [2.75, 3.05) is 45.9 Å². The zero-order valence-corrected chi connectivity index (χ0v) is 16.3. The Balaban J connectivity index is 1.61. The first-order valence-electron chi connectivity index (χ1n) is 10.2. The predicted molar refractivity (Wildman–Crippen MR) is 102 cm³/mol. The number of carbonyl (C=O) groups excluding carboxylic acids is 1. The highest BCUT2D eigenvalue weighted by atomic mass is 16.5. The fourth-order valence-corrected chi connectivity index (χ4v) is 4.45. The zero-order chi connectivity index (χ0) is 18.4. The van der Waals surface area contributed by atoms with Crippen LogP contribution >= 0.6 is 0 Å². The summed E-state index contributed by atoms with van der Waals surface area (Å²) in [5, 5.41) is 3.31. The van der Waals surface area contributed by atoms with Gasteiger partial charge in [0.2, 0.25) is 0 Å². The van der Waals surface area contributed by atoms with Crippen molar-refractivity contribution in [3.8, 4) is 0 Å². The molecule has 0 aromatic heterocycles. The maximum Gasteiger partial charge on any atom is 0.275 e. The van der Waals surface area contributed by atoms with Gasteiger partial charge in [0.15, 0.2) is 6.54 Å². The van der Waals surface area contributed by atoms with Gasteiger partial charge in [-0.2, -0.15) is 0 Å². The maximum absolute atomic E-state index is 12.7. The number of rotatable bonds is 6. The summed E-state index contributed by atoms with van der Waals surface area (Å²) in [6.45, 7) is 10.9. The van der Waals surface area contributed by atoms with Gasteiger partial charge in [-0.15, -0.1) is 0 Å². The van der Waals surface area contributed by atoms with Crippen LogP contribution in [0.1, 0.15) is 38.3 Å². The van der Waals surface area contributed by atoms with Crippen LogP contribution in [-0.2, 0) is 9.53 Å². The third kappa shape index (κ3) is 5.29. The molecule has 1 aromatic rings. The average Bonchev–Trinajstić information content (AvgIpc) is 2.65. The molecule has 5 heteroatoms. The van der Waals surface area contributed by atoms with Crippen LogP contribution < -0.4 is 15.1 Å². The molecule has 0 bridgehead atoms. The lowest BCUT2D eigenvalue weighted by Crippen LogP contribution is -3.16. The SMILES string of the molecule is CC1CC[NH+](CC(=O)N[C@@H](C)[C@H](c2ccccc2)[NH+]2CCOCC2)CC1. The Bertz CT molecular complexity index is 552. The molecule has 3 N–H and O–H groups in total. The second-order valence-electron chi connectivity index (χ2n) is 8.12. The standard InChI is InChI=1S/C21H33N3O2/c1-17-8-10-23(11-9-17)16-20(25)22-18(2)21(19-6-4-3-5-7-19)24-12-14-26-15-13-24/h3-7,17-18,21H,8-16H2,1-2H3,(H,22,25)/p+2/t18-,21+/m0/s1. The summed E-state index contributed by atoms with van der Waals surface area (Å²) in [4.78, 5) is 15.6. The maximum atomic E-state index is 12.7. The molecule has 26 heavy (non-hydrogen) atoms. The Morgan fingerprint density at radius 3 is 2.46 bits per heavy atom. The molecule has 3 rings (SSSR count). The van der Waals surface area contributed by atoms with Crippen molar-refractivity contribution < 1.29 is 19.3 Å². The normalized spacial score (nSPS) is 26.8. The molecule has 1 amide bonds. The molecule has 5 nitrogen and oxygen atoms in total. The average molecular weight is 362 g/mol.